The highest BCUT2D eigenvalue weighted by molar-refractivity contribution is 7.98. The molecule has 2 aromatic rings. The van der Waals surface area contributed by atoms with Gasteiger partial charge in [0, 0.05) is 21.1 Å². The summed E-state index contributed by atoms with van der Waals surface area (Å²) >= 11 is 5.09. The highest BCUT2D eigenvalue weighted by Gasteiger charge is 2.12. The SMILES string of the molecule is CSCc1scc(-c2ccc(SC)cc2F)c1C. The molecule has 0 saturated heterocycles. The molecule has 4 heteroatoms. The van der Waals surface area contributed by atoms with Crippen LogP contribution in [-0.4, -0.2) is 12.5 Å². The second-order valence-corrected chi connectivity index (χ2v) is 6.69. The molecule has 0 bridgehead atoms. The van der Waals surface area contributed by atoms with Gasteiger partial charge < -0.3 is 0 Å². The molecule has 18 heavy (non-hydrogen) atoms. The van der Waals surface area contributed by atoms with Crippen LogP contribution in [0, 0.1) is 12.7 Å². The van der Waals surface area contributed by atoms with E-state index in [1.54, 1.807) is 40.9 Å². The second kappa shape index (κ2) is 6.13. The fourth-order valence-corrected chi connectivity index (χ4v) is 4.22. The van der Waals surface area contributed by atoms with E-state index >= 15 is 0 Å². The lowest BCUT2D eigenvalue weighted by Crippen LogP contribution is -1.87. The van der Waals surface area contributed by atoms with Crippen LogP contribution in [0.2, 0.25) is 0 Å². The molecule has 1 aromatic heterocycles. The topological polar surface area (TPSA) is 0 Å². The van der Waals surface area contributed by atoms with Crippen LogP contribution in [0.4, 0.5) is 4.39 Å². The lowest BCUT2D eigenvalue weighted by Gasteiger charge is -2.05. The number of hydrogen-bond donors (Lipinski definition) is 0. The zero-order valence-corrected chi connectivity index (χ0v) is 13.1. The van der Waals surface area contributed by atoms with E-state index < -0.39 is 0 Å². The van der Waals surface area contributed by atoms with E-state index in [0.29, 0.717) is 5.56 Å². The van der Waals surface area contributed by atoms with Crippen molar-refractivity contribution in [2.24, 2.45) is 0 Å². The molecule has 0 fully saturated rings. The molecule has 1 heterocycles. The number of benzene rings is 1. The summed E-state index contributed by atoms with van der Waals surface area (Å²) < 4.78 is 14.1. The molecule has 0 atom stereocenters. The van der Waals surface area contributed by atoms with Gasteiger partial charge in [-0.25, -0.2) is 4.39 Å². The van der Waals surface area contributed by atoms with Crippen LogP contribution in [0.5, 0.6) is 0 Å². The van der Waals surface area contributed by atoms with Crippen LogP contribution in [0.15, 0.2) is 28.5 Å². The van der Waals surface area contributed by atoms with Crippen molar-refractivity contribution in [1.82, 2.24) is 0 Å². The summed E-state index contributed by atoms with van der Waals surface area (Å²) in [6, 6.07) is 5.48. The first kappa shape index (κ1) is 14.0. The minimum atomic E-state index is -0.126. The summed E-state index contributed by atoms with van der Waals surface area (Å²) in [6.07, 6.45) is 4.05. The monoisotopic (exact) mass is 298 g/mol. The standard InChI is InChI=1S/C14H15FS3/c1-9-12(7-18-14(9)8-16-2)11-5-4-10(17-3)6-13(11)15/h4-7H,8H2,1-3H3. The summed E-state index contributed by atoms with van der Waals surface area (Å²) in [7, 11) is 0. The average Bonchev–Trinajstić information content (AvgIpc) is 2.72. The molecule has 0 unspecified atom stereocenters. The third kappa shape index (κ3) is 2.76. The van der Waals surface area contributed by atoms with Gasteiger partial charge in [0.1, 0.15) is 5.82 Å². The van der Waals surface area contributed by atoms with Crippen molar-refractivity contribution in [2.45, 2.75) is 17.6 Å². The Balaban J connectivity index is 2.42. The lowest BCUT2D eigenvalue weighted by atomic mass is 10.0. The maximum Gasteiger partial charge on any atom is 0.132 e. The maximum atomic E-state index is 14.1. The van der Waals surface area contributed by atoms with Crippen molar-refractivity contribution < 1.29 is 4.39 Å². The molecule has 0 aliphatic heterocycles. The van der Waals surface area contributed by atoms with Crippen LogP contribution in [-0.2, 0) is 5.75 Å². The smallest absolute Gasteiger partial charge is 0.132 e. The highest BCUT2D eigenvalue weighted by Crippen LogP contribution is 2.35. The molecule has 0 spiro atoms. The fraction of sp³-hybridized carbons (Fsp3) is 0.286. The zero-order valence-electron chi connectivity index (χ0n) is 10.6. The van der Waals surface area contributed by atoms with E-state index in [1.165, 1.54) is 10.4 Å². The first-order valence-electron chi connectivity index (χ1n) is 5.57. The van der Waals surface area contributed by atoms with Crippen molar-refractivity contribution in [2.75, 3.05) is 12.5 Å². The van der Waals surface area contributed by atoms with Crippen LogP contribution < -0.4 is 0 Å². The number of halogens is 1. The number of thioether (sulfide) groups is 2. The normalized spacial score (nSPS) is 10.9. The third-order valence-electron chi connectivity index (χ3n) is 2.88. The first-order chi connectivity index (χ1) is 8.67. The molecule has 0 aliphatic rings. The molecule has 0 radical (unpaired) electrons. The van der Waals surface area contributed by atoms with Gasteiger partial charge in [-0.15, -0.1) is 23.1 Å². The summed E-state index contributed by atoms with van der Waals surface area (Å²) in [6.45, 7) is 2.08. The molecular weight excluding hydrogens is 283 g/mol. The minimum absolute atomic E-state index is 0.126. The second-order valence-electron chi connectivity index (χ2n) is 3.98. The number of thiophene rings is 1. The Labute approximate surface area is 120 Å². The van der Waals surface area contributed by atoms with Crippen LogP contribution in [0.25, 0.3) is 11.1 Å². The molecule has 1 aromatic carbocycles. The van der Waals surface area contributed by atoms with Gasteiger partial charge >= 0.3 is 0 Å². The lowest BCUT2D eigenvalue weighted by molar-refractivity contribution is 0.628. The van der Waals surface area contributed by atoms with Gasteiger partial charge in [0.05, 0.1) is 0 Å². The Morgan fingerprint density at radius 3 is 2.61 bits per heavy atom. The molecule has 0 aliphatic carbocycles. The van der Waals surface area contributed by atoms with Gasteiger partial charge in [-0.05, 0) is 48.1 Å². The van der Waals surface area contributed by atoms with E-state index in [0.717, 1.165) is 16.2 Å². The van der Waals surface area contributed by atoms with Crippen molar-refractivity contribution in [1.29, 1.82) is 0 Å². The third-order valence-corrected chi connectivity index (χ3v) is 5.46. The summed E-state index contributed by atoms with van der Waals surface area (Å²) in [5.41, 5.74) is 2.97. The summed E-state index contributed by atoms with van der Waals surface area (Å²) in [4.78, 5) is 2.30. The fourth-order valence-electron chi connectivity index (χ4n) is 1.84. The van der Waals surface area contributed by atoms with Crippen LogP contribution in [0.3, 0.4) is 0 Å². The van der Waals surface area contributed by atoms with E-state index in [9.17, 15) is 4.39 Å². The number of rotatable bonds is 4. The molecule has 2 rings (SSSR count). The Morgan fingerprint density at radius 2 is 2.00 bits per heavy atom. The Bertz CT molecular complexity index is 546. The highest BCUT2D eigenvalue weighted by atomic mass is 32.2. The predicted molar refractivity (Wildman–Crippen MR) is 83.5 cm³/mol. The van der Waals surface area contributed by atoms with Gasteiger partial charge in [-0.2, -0.15) is 11.8 Å². The maximum absolute atomic E-state index is 14.1. The molecule has 96 valence electrons. The molecule has 0 nitrogen and oxygen atoms in total. The van der Waals surface area contributed by atoms with E-state index in [4.69, 9.17) is 0 Å². The quantitative estimate of drug-likeness (QED) is 0.689. The molecule has 0 saturated carbocycles. The Hall–Kier alpha value is -0.450. The van der Waals surface area contributed by atoms with Crippen molar-refractivity contribution in [3.63, 3.8) is 0 Å². The zero-order chi connectivity index (χ0) is 13.1. The van der Waals surface area contributed by atoms with Gasteiger partial charge in [-0.1, -0.05) is 6.07 Å². The van der Waals surface area contributed by atoms with Crippen LogP contribution >= 0.6 is 34.9 Å². The Morgan fingerprint density at radius 1 is 1.22 bits per heavy atom. The van der Waals surface area contributed by atoms with E-state index in [1.807, 2.05) is 18.4 Å². The Kier molecular flexibility index (Phi) is 4.76. The van der Waals surface area contributed by atoms with Gasteiger partial charge in [0.25, 0.3) is 0 Å². The van der Waals surface area contributed by atoms with Crippen molar-refractivity contribution >= 4 is 34.9 Å². The van der Waals surface area contributed by atoms with Gasteiger partial charge in [0.15, 0.2) is 0 Å². The van der Waals surface area contributed by atoms with Crippen LogP contribution in [0.1, 0.15) is 10.4 Å². The summed E-state index contributed by atoms with van der Waals surface area (Å²) in [5.74, 6) is 0.875. The minimum Gasteiger partial charge on any atom is -0.206 e. The largest absolute Gasteiger partial charge is 0.206 e. The molecular formula is C14H15FS3. The van der Waals surface area contributed by atoms with Crippen molar-refractivity contribution in [3.05, 3.63) is 39.8 Å². The summed E-state index contributed by atoms with van der Waals surface area (Å²) in [5, 5.41) is 2.07. The molecule has 0 N–H and O–H groups in total. The first-order valence-corrected chi connectivity index (χ1v) is 9.07. The van der Waals surface area contributed by atoms with E-state index in [-0.39, 0.29) is 5.82 Å². The predicted octanol–water partition coefficient (Wildman–Crippen LogP) is 5.45. The average molecular weight is 298 g/mol. The van der Waals surface area contributed by atoms with Gasteiger partial charge in [-0.3, -0.25) is 0 Å². The molecule has 0 amide bonds. The van der Waals surface area contributed by atoms with E-state index in [2.05, 4.69) is 18.6 Å². The van der Waals surface area contributed by atoms with Gasteiger partial charge in [0.2, 0.25) is 0 Å². The number of hydrogen-bond acceptors (Lipinski definition) is 3. The van der Waals surface area contributed by atoms with Crippen molar-refractivity contribution in [3.8, 4) is 11.1 Å².